The maximum Gasteiger partial charge on any atom is 0.416 e. The number of benzene rings is 2. The second-order valence-electron chi connectivity index (χ2n) is 11.7. The lowest BCUT2D eigenvalue weighted by Gasteiger charge is -2.50. The van der Waals surface area contributed by atoms with Gasteiger partial charge in [-0.3, -0.25) is 4.79 Å². The van der Waals surface area contributed by atoms with Crippen LogP contribution in [0.15, 0.2) is 42.5 Å². The monoisotopic (exact) mass is 548 g/mol. The summed E-state index contributed by atoms with van der Waals surface area (Å²) in [6.45, 7) is 7.13. The lowest BCUT2D eigenvalue weighted by Crippen LogP contribution is -2.53. The van der Waals surface area contributed by atoms with Gasteiger partial charge in [-0.25, -0.2) is 4.39 Å². The van der Waals surface area contributed by atoms with Crippen LogP contribution in [0.5, 0.6) is 5.75 Å². The van der Waals surface area contributed by atoms with Crippen molar-refractivity contribution in [2.24, 2.45) is 5.41 Å². The molecule has 2 atom stereocenters. The summed E-state index contributed by atoms with van der Waals surface area (Å²) in [5, 5.41) is 3.49. The van der Waals surface area contributed by atoms with Crippen molar-refractivity contribution < 1.29 is 31.8 Å². The Hall–Kier alpha value is -2.65. The maximum atomic E-state index is 14.3. The molecule has 2 aromatic carbocycles. The molecule has 212 valence electrons. The highest BCUT2D eigenvalue weighted by atomic mass is 19.4. The summed E-state index contributed by atoms with van der Waals surface area (Å²) in [6.07, 6.45) is -1.37. The van der Waals surface area contributed by atoms with Gasteiger partial charge in [0, 0.05) is 38.0 Å². The van der Waals surface area contributed by atoms with Gasteiger partial charge >= 0.3 is 6.18 Å². The quantitative estimate of drug-likeness (QED) is 0.489. The molecule has 3 heterocycles. The Bertz CT molecular complexity index is 1180. The number of alkyl halides is 3. The zero-order chi connectivity index (χ0) is 27.8. The van der Waals surface area contributed by atoms with E-state index in [0.717, 1.165) is 56.5 Å². The fourth-order valence-electron chi connectivity index (χ4n) is 6.45. The summed E-state index contributed by atoms with van der Waals surface area (Å²) in [5.41, 5.74) is -0.617. The van der Waals surface area contributed by atoms with Crippen molar-refractivity contribution in [2.75, 3.05) is 39.4 Å². The second kappa shape index (κ2) is 10.7. The molecule has 39 heavy (non-hydrogen) atoms. The minimum Gasteiger partial charge on any atom is -0.488 e. The summed E-state index contributed by atoms with van der Waals surface area (Å²) in [4.78, 5) is 15.4. The number of carbonyl (C=O) groups is 1. The number of hydrogen-bond donors (Lipinski definition) is 1. The molecule has 1 amide bonds. The van der Waals surface area contributed by atoms with Crippen molar-refractivity contribution in [1.29, 1.82) is 0 Å². The molecule has 3 aliphatic heterocycles. The van der Waals surface area contributed by atoms with Crippen LogP contribution in [0.2, 0.25) is 0 Å². The first-order valence-electron chi connectivity index (χ1n) is 13.7. The predicted octanol–water partition coefficient (Wildman–Crippen LogP) is 5.68. The highest BCUT2D eigenvalue weighted by Crippen LogP contribution is 2.51. The molecule has 1 spiro atoms. The first-order valence-corrected chi connectivity index (χ1v) is 13.7. The van der Waals surface area contributed by atoms with Gasteiger partial charge in [0.25, 0.3) is 0 Å². The van der Waals surface area contributed by atoms with Gasteiger partial charge < -0.3 is 19.7 Å². The number of ether oxygens (including phenoxy) is 2. The van der Waals surface area contributed by atoms with E-state index in [2.05, 4.69) is 5.32 Å². The van der Waals surface area contributed by atoms with Gasteiger partial charge in [-0.2, -0.15) is 13.2 Å². The van der Waals surface area contributed by atoms with Crippen LogP contribution in [-0.4, -0.2) is 56.3 Å². The molecule has 1 unspecified atom stereocenters. The molecule has 0 aromatic heterocycles. The van der Waals surface area contributed by atoms with E-state index in [0.29, 0.717) is 37.6 Å². The standard InChI is InChI=1S/C30H36F4N2O3/c1-28(2,20-4-3-5-21(16-20)30(32,33)34)27(37)36-13-10-29(11-14-36)9-12-35-18-25(29)24-7-6-22(31)17-26(24)39-23-8-15-38-19-23/h3-7,16-17,23,25,35H,8-15,18-19H2,1-2H3/t23-,25?/m1/s1. The molecular formula is C30H36F4N2O3. The first-order chi connectivity index (χ1) is 18.5. The SMILES string of the molecule is CC(C)(C(=O)N1CCC2(CCNCC2c2ccc(F)cc2O[C@@H]2CCOC2)CC1)c1cccc(C(F)(F)F)c1. The van der Waals surface area contributed by atoms with E-state index in [1.807, 2.05) is 6.07 Å². The fourth-order valence-corrected chi connectivity index (χ4v) is 6.45. The van der Waals surface area contributed by atoms with Gasteiger partial charge in [0.1, 0.15) is 17.7 Å². The summed E-state index contributed by atoms with van der Waals surface area (Å²) in [5.74, 6) is 0.123. The number of likely N-dealkylation sites (tertiary alicyclic amines) is 1. The van der Waals surface area contributed by atoms with E-state index >= 15 is 0 Å². The van der Waals surface area contributed by atoms with E-state index in [1.165, 1.54) is 18.2 Å². The van der Waals surface area contributed by atoms with Crippen LogP contribution >= 0.6 is 0 Å². The Morgan fingerprint density at radius 3 is 2.51 bits per heavy atom. The third kappa shape index (κ3) is 5.66. The zero-order valence-corrected chi connectivity index (χ0v) is 22.5. The van der Waals surface area contributed by atoms with Crippen LogP contribution in [0.4, 0.5) is 17.6 Å². The normalized spacial score (nSPS) is 23.7. The van der Waals surface area contributed by atoms with Crippen molar-refractivity contribution in [3.8, 4) is 5.75 Å². The van der Waals surface area contributed by atoms with Crippen molar-refractivity contribution >= 4 is 5.91 Å². The van der Waals surface area contributed by atoms with Crippen LogP contribution in [0.25, 0.3) is 0 Å². The predicted molar refractivity (Wildman–Crippen MR) is 139 cm³/mol. The number of hydrogen-bond acceptors (Lipinski definition) is 4. The van der Waals surface area contributed by atoms with Gasteiger partial charge in [0.05, 0.1) is 24.2 Å². The van der Waals surface area contributed by atoms with Gasteiger partial charge in [-0.05, 0) is 68.3 Å². The average Bonchev–Trinajstić information content (AvgIpc) is 3.42. The molecule has 5 rings (SSSR count). The van der Waals surface area contributed by atoms with E-state index in [1.54, 1.807) is 24.8 Å². The topological polar surface area (TPSA) is 50.8 Å². The number of nitrogens with one attached hydrogen (secondary N) is 1. The molecule has 3 aliphatic rings. The largest absolute Gasteiger partial charge is 0.488 e. The first kappa shape index (κ1) is 27.9. The molecule has 3 fully saturated rings. The maximum absolute atomic E-state index is 14.3. The molecule has 3 saturated heterocycles. The van der Waals surface area contributed by atoms with Crippen LogP contribution in [-0.2, 0) is 21.1 Å². The number of halogens is 4. The Morgan fingerprint density at radius 2 is 1.82 bits per heavy atom. The lowest BCUT2D eigenvalue weighted by atomic mass is 9.62. The molecule has 1 N–H and O–H groups in total. The van der Waals surface area contributed by atoms with Crippen molar-refractivity contribution in [1.82, 2.24) is 10.2 Å². The lowest BCUT2D eigenvalue weighted by molar-refractivity contribution is -0.140. The van der Waals surface area contributed by atoms with Gasteiger partial charge in [0.2, 0.25) is 5.91 Å². The van der Waals surface area contributed by atoms with Crippen LogP contribution in [0, 0.1) is 11.2 Å². The van der Waals surface area contributed by atoms with Crippen LogP contribution in [0.3, 0.4) is 0 Å². The molecule has 0 aliphatic carbocycles. The van der Waals surface area contributed by atoms with Gasteiger partial charge in [-0.1, -0.05) is 24.3 Å². The van der Waals surface area contributed by atoms with Crippen LogP contribution < -0.4 is 10.1 Å². The molecule has 0 radical (unpaired) electrons. The van der Waals surface area contributed by atoms with Gasteiger partial charge in [0.15, 0.2) is 0 Å². The number of nitrogens with zero attached hydrogens (tertiary/aromatic N) is 1. The fraction of sp³-hybridized carbons (Fsp3) is 0.567. The van der Waals surface area contributed by atoms with Crippen molar-refractivity contribution in [3.05, 3.63) is 65.0 Å². The Morgan fingerprint density at radius 1 is 1.08 bits per heavy atom. The van der Waals surface area contributed by atoms with E-state index in [9.17, 15) is 22.4 Å². The van der Waals surface area contributed by atoms with E-state index in [4.69, 9.17) is 9.47 Å². The highest BCUT2D eigenvalue weighted by Gasteiger charge is 2.47. The Labute approximate surface area is 226 Å². The molecule has 0 bridgehead atoms. The van der Waals surface area contributed by atoms with Crippen LogP contribution in [0.1, 0.15) is 62.1 Å². The Balaban J connectivity index is 1.34. The Kier molecular flexibility index (Phi) is 7.68. The van der Waals surface area contributed by atoms with Gasteiger partial charge in [-0.15, -0.1) is 0 Å². The molecule has 2 aromatic rings. The van der Waals surface area contributed by atoms with Crippen molar-refractivity contribution in [2.45, 2.75) is 63.1 Å². The van der Waals surface area contributed by atoms with E-state index < -0.39 is 17.2 Å². The molecule has 0 saturated carbocycles. The third-order valence-corrected chi connectivity index (χ3v) is 8.91. The summed E-state index contributed by atoms with van der Waals surface area (Å²) >= 11 is 0. The summed E-state index contributed by atoms with van der Waals surface area (Å²) < 4.78 is 65.9. The zero-order valence-electron chi connectivity index (χ0n) is 22.5. The highest BCUT2D eigenvalue weighted by molar-refractivity contribution is 5.87. The summed E-state index contributed by atoms with van der Waals surface area (Å²) in [7, 11) is 0. The summed E-state index contributed by atoms with van der Waals surface area (Å²) in [6, 6.07) is 9.83. The smallest absolute Gasteiger partial charge is 0.416 e. The molecule has 9 heteroatoms. The number of piperidine rings is 2. The average molecular weight is 549 g/mol. The van der Waals surface area contributed by atoms with Crippen molar-refractivity contribution in [3.63, 3.8) is 0 Å². The minimum absolute atomic E-state index is 0.0814. The molecular weight excluding hydrogens is 512 g/mol. The van der Waals surface area contributed by atoms with E-state index in [-0.39, 0.29) is 29.2 Å². The number of carbonyl (C=O) groups excluding carboxylic acids is 1. The molecule has 5 nitrogen and oxygen atoms in total. The minimum atomic E-state index is -4.47. The third-order valence-electron chi connectivity index (χ3n) is 8.91. The number of amides is 1. The number of rotatable bonds is 5. The second-order valence-corrected chi connectivity index (χ2v) is 11.7.